The van der Waals surface area contributed by atoms with E-state index in [2.05, 4.69) is 15.6 Å². The Balaban J connectivity index is 1.19. The molecule has 0 fully saturated rings. The molecule has 0 radical (unpaired) electrons. The van der Waals surface area contributed by atoms with Gasteiger partial charge in [0, 0.05) is 35.1 Å². The minimum atomic E-state index is -0.753. The minimum absolute atomic E-state index is 0.170. The van der Waals surface area contributed by atoms with E-state index in [0.717, 1.165) is 39.0 Å². The molecule has 3 unspecified atom stereocenters. The molecule has 8 nitrogen and oxygen atoms in total. The summed E-state index contributed by atoms with van der Waals surface area (Å²) in [5.74, 6) is 0.00277. The summed E-state index contributed by atoms with van der Waals surface area (Å²) in [6.07, 6.45) is 1.03. The van der Waals surface area contributed by atoms with Gasteiger partial charge in [-0.2, -0.15) is 0 Å². The topological polar surface area (TPSA) is 104 Å². The zero-order valence-electron chi connectivity index (χ0n) is 21.9. The fraction of sp³-hybridized carbons (Fsp3) is 0.258. The minimum Gasteiger partial charge on any atom is -0.497 e. The molecule has 198 valence electrons. The molecule has 8 heteroatoms. The maximum Gasteiger partial charge on any atom is 0.255 e. The summed E-state index contributed by atoms with van der Waals surface area (Å²) in [4.78, 5) is 45.2. The van der Waals surface area contributed by atoms with Crippen LogP contribution >= 0.6 is 0 Å². The third kappa shape index (κ3) is 4.31. The first-order chi connectivity index (χ1) is 19.0. The van der Waals surface area contributed by atoms with Gasteiger partial charge in [-0.05, 0) is 54.3 Å². The van der Waals surface area contributed by atoms with Crippen molar-refractivity contribution in [3.63, 3.8) is 0 Å². The summed E-state index contributed by atoms with van der Waals surface area (Å²) < 4.78 is 5.18. The first-order valence-corrected chi connectivity index (χ1v) is 13.2. The summed E-state index contributed by atoms with van der Waals surface area (Å²) in [6.45, 7) is 2.11. The number of amides is 3. The number of para-hydroxylation sites is 1. The molecule has 6 rings (SSSR count). The zero-order valence-corrected chi connectivity index (χ0v) is 21.9. The maximum atomic E-state index is 13.7. The fourth-order valence-corrected chi connectivity index (χ4v) is 5.79. The van der Waals surface area contributed by atoms with Crippen molar-refractivity contribution >= 4 is 28.6 Å². The number of fused-ring (bicyclic) bond motifs is 7. The predicted molar refractivity (Wildman–Crippen MR) is 148 cm³/mol. The number of benzene rings is 3. The van der Waals surface area contributed by atoms with Crippen LogP contribution in [0.3, 0.4) is 0 Å². The molecule has 4 aromatic rings. The predicted octanol–water partition coefficient (Wildman–Crippen LogP) is 3.51. The number of carbonyl (C=O) groups is 3. The second-order valence-corrected chi connectivity index (χ2v) is 10.1. The SMILES string of the molecule is COc1ccc(CCNC(=O)C(C)NC(=O)C2Cc3c([nH]c4ccccc34)C3c4ccccc4C(=O)N23)cc1. The van der Waals surface area contributed by atoms with Crippen molar-refractivity contribution in [2.75, 3.05) is 13.7 Å². The Morgan fingerprint density at radius 2 is 1.79 bits per heavy atom. The molecule has 3 aromatic carbocycles. The van der Waals surface area contributed by atoms with Gasteiger partial charge >= 0.3 is 0 Å². The van der Waals surface area contributed by atoms with Gasteiger partial charge in [-0.3, -0.25) is 14.4 Å². The second-order valence-electron chi connectivity index (χ2n) is 10.1. The van der Waals surface area contributed by atoms with Gasteiger partial charge in [-0.15, -0.1) is 0 Å². The van der Waals surface area contributed by atoms with E-state index in [1.807, 2.05) is 72.8 Å². The molecular formula is C31H30N4O4. The molecule has 1 aromatic heterocycles. The Labute approximate surface area is 226 Å². The Hall–Kier alpha value is -4.59. The molecule has 0 saturated heterocycles. The Kier molecular flexibility index (Phi) is 6.30. The van der Waals surface area contributed by atoms with Crippen LogP contribution in [0.25, 0.3) is 10.9 Å². The van der Waals surface area contributed by atoms with Crippen molar-refractivity contribution in [3.05, 3.63) is 101 Å². The van der Waals surface area contributed by atoms with E-state index in [-0.39, 0.29) is 23.8 Å². The molecule has 3 N–H and O–H groups in total. The molecule has 3 atom stereocenters. The van der Waals surface area contributed by atoms with Crippen molar-refractivity contribution in [1.82, 2.24) is 20.5 Å². The molecule has 0 spiro atoms. The zero-order chi connectivity index (χ0) is 27.1. The van der Waals surface area contributed by atoms with Gasteiger partial charge in [0.25, 0.3) is 5.91 Å². The highest BCUT2D eigenvalue weighted by Gasteiger charge is 2.49. The number of carbonyl (C=O) groups excluding carboxylic acids is 3. The lowest BCUT2D eigenvalue weighted by atomic mass is 9.90. The molecule has 39 heavy (non-hydrogen) atoms. The summed E-state index contributed by atoms with van der Waals surface area (Å²) in [6, 6.07) is 21.3. The number of hydrogen-bond donors (Lipinski definition) is 3. The van der Waals surface area contributed by atoms with Gasteiger partial charge in [0.15, 0.2) is 0 Å². The Morgan fingerprint density at radius 3 is 2.59 bits per heavy atom. The number of nitrogens with zero attached hydrogens (tertiary/aromatic N) is 1. The number of methoxy groups -OCH3 is 1. The molecule has 2 aliphatic heterocycles. The van der Waals surface area contributed by atoms with E-state index < -0.39 is 12.1 Å². The van der Waals surface area contributed by atoms with Crippen molar-refractivity contribution < 1.29 is 19.1 Å². The van der Waals surface area contributed by atoms with Gasteiger partial charge < -0.3 is 25.3 Å². The van der Waals surface area contributed by atoms with E-state index in [1.54, 1.807) is 18.9 Å². The number of nitrogens with one attached hydrogen (secondary N) is 3. The monoisotopic (exact) mass is 522 g/mol. The van der Waals surface area contributed by atoms with E-state index >= 15 is 0 Å². The lowest BCUT2D eigenvalue weighted by Crippen LogP contribution is -2.56. The lowest BCUT2D eigenvalue weighted by Gasteiger charge is -2.37. The maximum absolute atomic E-state index is 13.7. The van der Waals surface area contributed by atoms with Gasteiger partial charge in [0.2, 0.25) is 11.8 Å². The number of hydrogen-bond acceptors (Lipinski definition) is 4. The smallest absolute Gasteiger partial charge is 0.255 e. The van der Waals surface area contributed by atoms with Crippen LogP contribution in [-0.4, -0.2) is 53.3 Å². The second kappa shape index (κ2) is 9.94. The highest BCUT2D eigenvalue weighted by molar-refractivity contribution is 6.04. The Bertz CT molecular complexity index is 1580. The third-order valence-corrected chi connectivity index (χ3v) is 7.78. The van der Waals surface area contributed by atoms with Crippen LogP contribution in [-0.2, 0) is 22.4 Å². The fourth-order valence-electron chi connectivity index (χ4n) is 5.79. The number of aromatic nitrogens is 1. The van der Waals surface area contributed by atoms with Crippen LogP contribution in [0.1, 0.15) is 45.7 Å². The number of H-pyrrole nitrogens is 1. The number of ether oxygens (including phenoxy) is 1. The van der Waals surface area contributed by atoms with E-state index in [1.165, 1.54) is 0 Å². The molecular weight excluding hydrogens is 492 g/mol. The van der Waals surface area contributed by atoms with Gasteiger partial charge in [-0.25, -0.2) is 0 Å². The van der Waals surface area contributed by atoms with Crippen LogP contribution in [0.5, 0.6) is 5.75 Å². The van der Waals surface area contributed by atoms with Crippen molar-refractivity contribution in [2.24, 2.45) is 0 Å². The number of rotatable bonds is 7. The Morgan fingerprint density at radius 1 is 1.05 bits per heavy atom. The van der Waals surface area contributed by atoms with Crippen molar-refractivity contribution in [2.45, 2.75) is 37.9 Å². The summed E-state index contributed by atoms with van der Waals surface area (Å²) in [5.41, 5.74) is 5.52. The van der Waals surface area contributed by atoms with Crippen LogP contribution in [0.4, 0.5) is 0 Å². The molecule has 0 bridgehead atoms. The van der Waals surface area contributed by atoms with E-state index in [9.17, 15) is 14.4 Å². The quantitative estimate of drug-likeness (QED) is 0.346. The van der Waals surface area contributed by atoms with Crippen LogP contribution < -0.4 is 15.4 Å². The van der Waals surface area contributed by atoms with Gasteiger partial charge in [0.05, 0.1) is 13.2 Å². The third-order valence-electron chi connectivity index (χ3n) is 7.78. The van der Waals surface area contributed by atoms with Crippen LogP contribution in [0.2, 0.25) is 0 Å². The van der Waals surface area contributed by atoms with Crippen molar-refractivity contribution in [3.8, 4) is 5.75 Å². The number of aromatic amines is 1. The first-order valence-electron chi connectivity index (χ1n) is 13.2. The van der Waals surface area contributed by atoms with Crippen molar-refractivity contribution in [1.29, 1.82) is 0 Å². The summed E-state index contributed by atoms with van der Waals surface area (Å²) >= 11 is 0. The summed E-state index contributed by atoms with van der Waals surface area (Å²) in [5, 5.41) is 6.82. The highest BCUT2D eigenvalue weighted by Crippen LogP contribution is 2.46. The first kappa shape index (κ1) is 24.7. The normalized spacial score (nSPS) is 18.2. The van der Waals surface area contributed by atoms with E-state index in [4.69, 9.17) is 4.74 Å². The largest absolute Gasteiger partial charge is 0.497 e. The standard InChI is InChI=1S/C31H30N4O4/c1-18(29(36)32-16-15-19-11-13-20(39-2)14-12-19)33-30(37)26-17-24-21-7-5-6-10-25(21)34-27(24)28-22-8-3-4-9-23(22)31(38)35(26)28/h3-14,18,26,28,34H,15-17H2,1-2H3,(H,32,36)(H,33,37). The molecule has 3 amide bonds. The van der Waals surface area contributed by atoms with Gasteiger partial charge in [-0.1, -0.05) is 48.5 Å². The highest BCUT2D eigenvalue weighted by atomic mass is 16.5. The van der Waals surface area contributed by atoms with Crippen LogP contribution in [0, 0.1) is 0 Å². The molecule has 0 saturated carbocycles. The van der Waals surface area contributed by atoms with Gasteiger partial charge in [0.1, 0.15) is 17.8 Å². The molecule has 2 aliphatic rings. The van der Waals surface area contributed by atoms with E-state index in [0.29, 0.717) is 24.9 Å². The molecule has 0 aliphatic carbocycles. The average molecular weight is 523 g/mol. The molecule has 3 heterocycles. The lowest BCUT2D eigenvalue weighted by molar-refractivity contribution is -0.131. The summed E-state index contributed by atoms with van der Waals surface area (Å²) in [7, 11) is 1.62. The average Bonchev–Trinajstić information content (AvgIpc) is 3.48. The van der Waals surface area contributed by atoms with Crippen LogP contribution in [0.15, 0.2) is 72.8 Å².